The van der Waals surface area contributed by atoms with E-state index < -0.39 is 15.8 Å². The molecule has 0 atom stereocenters. The molecule has 0 aromatic heterocycles. The molecule has 0 radical (unpaired) electrons. The molecule has 1 amide bonds. The summed E-state index contributed by atoms with van der Waals surface area (Å²) in [5.74, 6) is -1.14. The van der Waals surface area contributed by atoms with E-state index in [1.54, 1.807) is 19.2 Å². The Morgan fingerprint density at radius 3 is 1.93 bits per heavy atom. The van der Waals surface area contributed by atoms with Crippen molar-refractivity contribution in [2.75, 3.05) is 11.8 Å². The lowest BCUT2D eigenvalue weighted by atomic mass is 10.1. The van der Waals surface area contributed by atoms with Gasteiger partial charge in [-0.15, -0.1) is 0 Å². The molecule has 3 aromatic carbocycles. The highest BCUT2D eigenvalue weighted by atomic mass is 32.2. The third-order valence-corrected chi connectivity index (χ3v) is 5.58. The normalized spacial score (nSPS) is 11.1. The van der Waals surface area contributed by atoms with Crippen LogP contribution < -0.4 is 4.72 Å². The Hall–Kier alpha value is -3.26. The molecule has 5 nitrogen and oxygen atoms in total. The molecule has 1 N–H and O–H groups in total. The van der Waals surface area contributed by atoms with E-state index in [0.29, 0.717) is 12.1 Å². The molecule has 0 fully saturated rings. The Kier molecular flexibility index (Phi) is 5.93. The van der Waals surface area contributed by atoms with Gasteiger partial charge in [-0.3, -0.25) is 9.52 Å². The zero-order valence-corrected chi connectivity index (χ0v) is 16.3. The van der Waals surface area contributed by atoms with Gasteiger partial charge in [0.1, 0.15) is 11.6 Å². The number of nitrogens with zero attached hydrogens (tertiary/aromatic N) is 1. The summed E-state index contributed by atoms with van der Waals surface area (Å²) >= 11 is 0. The summed E-state index contributed by atoms with van der Waals surface area (Å²) in [4.78, 5) is 13.9. The molecule has 0 aliphatic rings. The van der Waals surface area contributed by atoms with Crippen molar-refractivity contribution in [1.29, 1.82) is 0 Å². The predicted molar refractivity (Wildman–Crippen MR) is 106 cm³/mol. The lowest BCUT2D eigenvalue weighted by Crippen LogP contribution is -2.26. The molecule has 3 rings (SSSR count). The number of amides is 1. The van der Waals surface area contributed by atoms with Crippen molar-refractivity contribution in [2.45, 2.75) is 11.4 Å². The van der Waals surface area contributed by atoms with Gasteiger partial charge in [0.15, 0.2) is 0 Å². The molecule has 0 bridgehead atoms. The maximum absolute atomic E-state index is 13.0. The Morgan fingerprint density at radius 2 is 1.38 bits per heavy atom. The smallest absolute Gasteiger partial charge is 0.261 e. The minimum Gasteiger partial charge on any atom is -0.337 e. The lowest BCUT2D eigenvalue weighted by Gasteiger charge is -2.17. The molecule has 0 heterocycles. The first-order chi connectivity index (χ1) is 13.7. The molecule has 29 heavy (non-hydrogen) atoms. The van der Waals surface area contributed by atoms with Crippen LogP contribution in [0.4, 0.5) is 14.5 Å². The largest absolute Gasteiger partial charge is 0.337 e. The first kappa shape index (κ1) is 20.5. The second kappa shape index (κ2) is 8.40. The third-order valence-electron chi connectivity index (χ3n) is 4.19. The van der Waals surface area contributed by atoms with Gasteiger partial charge < -0.3 is 4.90 Å². The number of sulfonamides is 1. The molecule has 150 valence electrons. The van der Waals surface area contributed by atoms with Crippen LogP contribution in [0.2, 0.25) is 0 Å². The monoisotopic (exact) mass is 416 g/mol. The Morgan fingerprint density at radius 1 is 0.862 bits per heavy atom. The molecule has 0 aliphatic heterocycles. The average Bonchev–Trinajstić information content (AvgIpc) is 2.70. The van der Waals surface area contributed by atoms with Gasteiger partial charge in [0.05, 0.1) is 4.90 Å². The van der Waals surface area contributed by atoms with E-state index >= 15 is 0 Å². The summed E-state index contributed by atoms with van der Waals surface area (Å²) in [6.45, 7) is 0.304. The van der Waals surface area contributed by atoms with Gasteiger partial charge in [-0.2, -0.15) is 0 Å². The summed E-state index contributed by atoms with van der Waals surface area (Å²) in [6, 6.07) is 16.3. The summed E-state index contributed by atoms with van der Waals surface area (Å²) in [5.41, 5.74) is 1.43. The Bertz CT molecular complexity index is 1100. The average molecular weight is 416 g/mol. The van der Waals surface area contributed by atoms with Crippen LogP contribution in [0.1, 0.15) is 15.9 Å². The Balaban J connectivity index is 1.68. The molecular formula is C21H18F2N2O3S. The summed E-state index contributed by atoms with van der Waals surface area (Å²) in [7, 11) is -2.24. The molecule has 0 unspecified atom stereocenters. The van der Waals surface area contributed by atoms with Gasteiger partial charge in [-0.25, -0.2) is 17.2 Å². The first-order valence-electron chi connectivity index (χ1n) is 8.63. The van der Waals surface area contributed by atoms with Crippen LogP contribution >= 0.6 is 0 Å². The summed E-state index contributed by atoms with van der Waals surface area (Å²) < 4.78 is 53.0. The second-order valence-electron chi connectivity index (χ2n) is 6.42. The second-order valence-corrected chi connectivity index (χ2v) is 8.11. The zero-order chi connectivity index (χ0) is 21.0. The number of nitrogens with one attached hydrogen (secondary N) is 1. The maximum Gasteiger partial charge on any atom is 0.261 e. The topological polar surface area (TPSA) is 66.5 Å². The van der Waals surface area contributed by atoms with Crippen LogP contribution in [0.25, 0.3) is 0 Å². The van der Waals surface area contributed by atoms with Crippen molar-refractivity contribution < 1.29 is 22.0 Å². The number of halogens is 2. The van der Waals surface area contributed by atoms with Gasteiger partial charge in [0, 0.05) is 24.8 Å². The van der Waals surface area contributed by atoms with Crippen molar-refractivity contribution >= 4 is 21.6 Å². The predicted octanol–water partition coefficient (Wildman–Crippen LogP) is 4.04. The highest BCUT2D eigenvalue weighted by Gasteiger charge is 2.16. The van der Waals surface area contributed by atoms with Crippen molar-refractivity contribution in [3.63, 3.8) is 0 Å². The van der Waals surface area contributed by atoms with Crippen LogP contribution in [-0.2, 0) is 16.6 Å². The van der Waals surface area contributed by atoms with Crippen LogP contribution in [0, 0.1) is 11.6 Å². The Labute approximate surface area is 167 Å². The highest BCUT2D eigenvalue weighted by Crippen LogP contribution is 2.18. The summed E-state index contributed by atoms with van der Waals surface area (Å²) in [5, 5.41) is 0. The number of hydrogen-bond acceptors (Lipinski definition) is 3. The van der Waals surface area contributed by atoms with Crippen molar-refractivity contribution in [3.8, 4) is 0 Å². The number of benzene rings is 3. The number of hydrogen-bond donors (Lipinski definition) is 1. The van der Waals surface area contributed by atoms with Crippen molar-refractivity contribution in [1.82, 2.24) is 4.90 Å². The molecule has 8 heteroatoms. The van der Waals surface area contributed by atoms with Gasteiger partial charge in [-0.1, -0.05) is 12.1 Å². The standard InChI is InChI=1S/C21H18F2N2O3S/c1-25(14-15-2-6-17(22)7-3-15)21(26)16-4-10-19(11-5-16)24-29(27,28)20-12-8-18(23)9-13-20/h2-13,24H,14H2,1H3. The third kappa shape index (κ3) is 5.17. The number of carbonyl (C=O) groups excluding carboxylic acids is 1. The van der Waals surface area contributed by atoms with E-state index in [1.807, 2.05) is 0 Å². The fourth-order valence-electron chi connectivity index (χ4n) is 2.66. The highest BCUT2D eigenvalue weighted by molar-refractivity contribution is 7.92. The number of rotatable bonds is 6. The first-order valence-corrected chi connectivity index (χ1v) is 10.1. The molecule has 0 saturated heterocycles. The van der Waals surface area contributed by atoms with Gasteiger partial charge in [-0.05, 0) is 66.2 Å². The molecule has 0 spiro atoms. The molecule has 3 aromatic rings. The molecule has 0 aliphatic carbocycles. The zero-order valence-electron chi connectivity index (χ0n) is 15.5. The van der Waals surface area contributed by atoms with Gasteiger partial charge >= 0.3 is 0 Å². The van der Waals surface area contributed by atoms with E-state index in [9.17, 15) is 22.0 Å². The molecule has 0 saturated carbocycles. The van der Waals surface area contributed by atoms with E-state index in [-0.39, 0.29) is 22.3 Å². The minimum atomic E-state index is -3.87. The van der Waals surface area contributed by atoms with Crippen LogP contribution in [0.5, 0.6) is 0 Å². The fourth-order valence-corrected chi connectivity index (χ4v) is 3.72. The van der Waals surface area contributed by atoms with E-state index in [0.717, 1.165) is 17.7 Å². The maximum atomic E-state index is 13.0. The molecular weight excluding hydrogens is 398 g/mol. The SMILES string of the molecule is CN(Cc1ccc(F)cc1)C(=O)c1ccc(NS(=O)(=O)c2ccc(F)cc2)cc1. The van der Waals surface area contributed by atoms with Gasteiger partial charge in [0.25, 0.3) is 15.9 Å². The van der Waals surface area contributed by atoms with Gasteiger partial charge in [0.2, 0.25) is 0 Å². The fraction of sp³-hybridized carbons (Fsp3) is 0.0952. The van der Waals surface area contributed by atoms with E-state index in [1.165, 1.54) is 53.4 Å². The van der Waals surface area contributed by atoms with Crippen LogP contribution in [0.3, 0.4) is 0 Å². The van der Waals surface area contributed by atoms with Crippen molar-refractivity contribution in [3.05, 3.63) is 95.6 Å². The van der Waals surface area contributed by atoms with Crippen LogP contribution in [-0.4, -0.2) is 26.3 Å². The number of carbonyl (C=O) groups is 1. The summed E-state index contributed by atoms with van der Waals surface area (Å²) in [6.07, 6.45) is 0. The number of anilines is 1. The quantitative estimate of drug-likeness (QED) is 0.660. The van der Waals surface area contributed by atoms with Crippen LogP contribution in [0.15, 0.2) is 77.7 Å². The van der Waals surface area contributed by atoms with Crippen molar-refractivity contribution in [2.24, 2.45) is 0 Å². The van der Waals surface area contributed by atoms with E-state index in [4.69, 9.17) is 0 Å². The minimum absolute atomic E-state index is 0.0712. The van der Waals surface area contributed by atoms with E-state index in [2.05, 4.69) is 4.72 Å². The lowest BCUT2D eigenvalue weighted by molar-refractivity contribution is 0.0785.